The van der Waals surface area contributed by atoms with E-state index in [9.17, 15) is 9.59 Å². The van der Waals surface area contributed by atoms with Crippen LogP contribution in [0.4, 0.5) is 0 Å². The van der Waals surface area contributed by atoms with E-state index in [-0.39, 0.29) is 11.8 Å². The van der Waals surface area contributed by atoms with Gasteiger partial charge in [0.15, 0.2) is 5.01 Å². The zero-order chi connectivity index (χ0) is 20.4. The lowest BCUT2D eigenvalue weighted by atomic mass is 10.0. The fourth-order valence-electron chi connectivity index (χ4n) is 3.29. The summed E-state index contributed by atoms with van der Waals surface area (Å²) in [4.78, 5) is 32.7. The zero-order valence-corrected chi connectivity index (χ0v) is 17.2. The third-order valence-corrected chi connectivity index (χ3v) is 5.88. The van der Waals surface area contributed by atoms with Crippen molar-refractivity contribution in [3.05, 3.63) is 47.2 Å². The zero-order valence-electron chi connectivity index (χ0n) is 16.4. The number of nitrogens with zero attached hydrogens (tertiary/aromatic N) is 6. The number of amides is 2. The molecule has 0 N–H and O–H groups in total. The van der Waals surface area contributed by atoms with Crippen molar-refractivity contribution in [1.82, 2.24) is 29.8 Å². The Morgan fingerprint density at radius 1 is 1.28 bits per heavy atom. The van der Waals surface area contributed by atoms with E-state index in [2.05, 4.69) is 27.4 Å². The predicted octanol–water partition coefficient (Wildman–Crippen LogP) is 2.30. The van der Waals surface area contributed by atoms with Crippen molar-refractivity contribution in [1.29, 1.82) is 0 Å². The highest BCUT2D eigenvalue weighted by Gasteiger charge is 2.20. The number of rotatable bonds is 5. The average Bonchev–Trinajstić information content (AvgIpc) is 3.40. The maximum absolute atomic E-state index is 12.6. The molecule has 2 amide bonds. The van der Waals surface area contributed by atoms with Gasteiger partial charge in [-0.15, -0.1) is 16.4 Å². The third kappa shape index (κ3) is 4.19. The van der Waals surface area contributed by atoms with Crippen LogP contribution in [0, 0.1) is 0 Å². The minimum Gasteiger partial charge on any atom is -0.343 e. The van der Waals surface area contributed by atoms with Gasteiger partial charge in [-0.1, -0.05) is 17.4 Å². The van der Waals surface area contributed by atoms with Crippen LogP contribution in [-0.4, -0.2) is 68.8 Å². The minimum atomic E-state index is -0.0891. The molecule has 4 rings (SSSR count). The first kappa shape index (κ1) is 19.3. The SMILES string of the molecule is CN(C)C(=O)c1nc2ccc(C3=CCCN(C(=O)CCn4ccnn4)C3)cc2s1. The fraction of sp³-hybridized carbons (Fsp3) is 0.350. The monoisotopic (exact) mass is 410 g/mol. The lowest BCUT2D eigenvalue weighted by Gasteiger charge is -2.27. The van der Waals surface area contributed by atoms with E-state index in [0.29, 0.717) is 24.5 Å². The van der Waals surface area contributed by atoms with Gasteiger partial charge in [0.1, 0.15) is 0 Å². The highest BCUT2D eigenvalue weighted by molar-refractivity contribution is 7.20. The molecular weight excluding hydrogens is 388 g/mol. The number of carbonyl (C=O) groups excluding carboxylic acids is 2. The molecule has 1 aromatic carbocycles. The summed E-state index contributed by atoms with van der Waals surface area (Å²) < 4.78 is 2.64. The second-order valence-corrected chi connectivity index (χ2v) is 8.18. The van der Waals surface area contributed by atoms with Gasteiger partial charge in [0.25, 0.3) is 5.91 Å². The molecule has 29 heavy (non-hydrogen) atoms. The van der Waals surface area contributed by atoms with E-state index < -0.39 is 0 Å². The van der Waals surface area contributed by atoms with E-state index in [1.807, 2.05) is 17.0 Å². The number of hydrogen-bond donors (Lipinski definition) is 0. The summed E-state index contributed by atoms with van der Waals surface area (Å²) in [6.45, 7) is 1.85. The number of aryl methyl sites for hydroxylation is 1. The molecule has 2 aromatic heterocycles. The van der Waals surface area contributed by atoms with Gasteiger partial charge < -0.3 is 9.80 Å². The standard InChI is InChI=1S/C20H22N6O2S/c1-24(2)20(28)19-22-16-6-5-14(12-17(16)29-19)15-4-3-9-25(13-15)18(27)7-10-26-11-8-21-23-26/h4-6,8,11-12H,3,7,9-10,13H2,1-2H3. The molecule has 0 radical (unpaired) electrons. The Morgan fingerprint density at radius 2 is 2.14 bits per heavy atom. The van der Waals surface area contributed by atoms with Crippen LogP contribution in [0.1, 0.15) is 28.2 Å². The number of fused-ring (bicyclic) bond motifs is 1. The number of carbonyl (C=O) groups is 2. The molecule has 0 fully saturated rings. The van der Waals surface area contributed by atoms with Crippen LogP contribution in [0.3, 0.4) is 0 Å². The Balaban J connectivity index is 1.47. The molecule has 1 aliphatic rings. The van der Waals surface area contributed by atoms with Crippen LogP contribution in [0.25, 0.3) is 15.8 Å². The Labute approximate surface area is 172 Å². The van der Waals surface area contributed by atoms with E-state index in [0.717, 1.165) is 34.3 Å². The minimum absolute atomic E-state index is 0.0891. The van der Waals surface area contributed by atoms with Crippen LogP contribution in [0.5, 0.6) is 0 Å². The summed E-state index contributed by atoms with van der Waals surface area (Å²) in [5.74, 6) is 0.0256. The summed E-state index contributed by atoms with van der Waals surface area (Å²) in [5, 5.41) is 8.16. The van der Waals surface area contributed by atoms with E-state index in [4.69, 9.17) is 0 Å². The lowest BCUT2D eigenvalue weighted by molar-refractivity contribution is -0.131. The van der Waals surface area contributed by atoms with E-state index in [1.165, 1.54) is 16.2 Å². The largest absolute Gasteiger partial charge is 0.343 e. The molecule has 0 saturated heterocycles. The van der Waals surface area contributed by atoms with Crippen LogP contribution < -0.4 is 0 Å². The Kier molecular flexibility index (Phi) is 5.39. The molecule has 0 bridgehead atoms. The molecule has 3 aromatic rings. The highest BCUT2D eigenvalue weighted by atomic mass is 32.1. The number of benzene rings is 1. The molecule has 0 saturated carbocycles. The molecule has 150 valence electrons. The van der Waals surface area contributed by atoms with Gasteiger partial charge in [0.05, 0.1) is 23.0 Å². The maximum Gasteiger partial charge on any atom is 0.282 e. The summed E-state index contributed by atoms with van der Waals surface area (Å²) in [6, 6.07) is 6.02. The van der Waals surface area contributed by atoms with Crippen molar-refractivity contribution in [2.75, 3.05) is 27.2 Å². The summed E-state index contributed by atoms with van der Waals surface area (Å²) in [5.41, 5.74) is 3.01. The third-order valence-electron chi connectivity index (χ3n) is 4.88. The van der Waals surface area contributed by atoms with Gasteiger partial charge in [-0.3, -0.25) is 14.3 Å². The predicted molar refractivity (Wildman–Crippen MR) is 111 cm³/mol. The highest BCUT2D eigenvalue weighted by Crippen LogP contribution is 2.28. The average molecular weight is 411 g/mol. The maximum atomic E-state index is 12.6. The lowest BCUT2D eigenvalue weighted by Crippen LogP contribution is -2.35. The molecule has 0 aliphatic carbocycles. The van der Waals surface area contributed by atoms with Crippen molar-refractivity contribution in [2.45, 2.75) is 19.4 Å². The van der Waals surface area contributed by atoms with Crippen molar-refractivity contribution in [3.63, 3.8) is 0 Å². The van der Waals surface area contributed by atoms with Crippen LogP contribution in [0.15, 0.2) is 36.7 Å². The molecule has 0 spiro atoms. The molecule has 9 heteroatoms. The second-order valence-electron chi connectivity index (χ2n) is 7.15. The molecule has 3 heterocycles. The molecule has 0 unspecified atom stereocenters. The Hall–Kier alpha value is -3.07. The van der Waals surface area contributed by atoms with Crippen molar-refractivity contribution in [2.24, 2.45) is 0 Å². The van der Waals surface area contributed by atoms with Crippen molar-refractivity contribution < 1.29 is 9.59 Å². The number of hydrogen-bond acceptors (Lipinski definition) is 6. The van der Waals surface area contributed by atoms with Crippen molar-refractivity contribution in [3.8, 4) is 0 Å². The summed E-state index contributed by atoms with van der Waals surface area (Å²) >= 11 is 1.40. The Morgan fingerprint density at radius 3 is 2.90 bits per heavy atom. The van der Waals surface area contributed by atoms with Crippen LogP contribution in [-0.2, 0) is 11.3 Å². The van der Waals surface area contributed by atoms with Gasteiger partial charge in [-0.2, -0.15) is 0 Å². The number of aromatic nitrogens is 4. The quantitative estimate of drug-likeness (QED) is 0.644. The topological polar surface area (TPSA) is 84.2 Å². The van der Waals surface area contributed by atoms with Gasteiger partial charge in [-0.05, 0) is 29.7 Å². The van der Waals surface area contributed by atoms with Gasteiger partial charge in [0, 0.05) is 39.8 Å². The van der Waals surface area contributed by atoms with Gasteiger partial charge >= 0.3 is 0 Å². The Bertz CT molecular complexity index is 1070. The summed E-state index contributed by atoms with van der Waals surface area (Å²) in [6.07, 6.45) is 6.79. The van der Waals surface area contributed by atoms with Gasteiger partial charge in [-0.25, -0.2) is 4.98 Å². The van der Waals surface area contributed by atoms with E-state index >= 15 is 0 Å². The molecule has 0 atom stereocenters. The first-order valence-electron chi connectivity index (χ1n) is 9.45. The normalized spacial score (nSPS) is 14.1. The summed E-state index contributed by atoms with van der Waals surface area (Å²) in [7, 11) is 3.45. The number of thiazole rings is 1. The first-order valence-corrected chi connectivity index (χ1v) is 10.3. The molecular formula is C20H22N6O2S. The second kappa shape index (κ2) is 8.12. The fourth-order valence-corrected chi connectivity index (χ4v) is 4.32. The van der Waals surface area contributed by atoms with Crippen LogP contribution in [0.2, 0.25) is 0 Å². The van der Waals surface area contributed by atoms with Crippen LogP contribution >= 0.6 is 11.3 Å². The van der Waals surface area contributed by atoms with Crippen molar-refractivity contribution >= 4 is 38.9 Å². The van der Waals surface area contributed by atoms with Gasteiger partial charge in [0.2, 0.25) is 5.91 Å². The molecule has 1 aliphatic heterocycles. The first-order chi connectivity index (χ1) is 14.0. The smallest absolute Gasteiger partial charge is 0.282 e. The van der Waals surface area contributed by atoms with E-state index in [1.54, 1.807) is 31.2 Å². The molecule has 8 nitrogen and oxygen atoms in total.